The molecular formula is C23H21ClF3N5O2S. The van der Waals surface area contributed by atoms with Gasteiger partial charge in [-0.05, 0) is 36.8 Å². The van der Waals surface area contributed by atoms with Crippen molar-refractivity contribution in [3.05, 3.63) is 62.6 Å². The SMILES string of the molecule is NC(=O)c1c(NC(=O)c2nn3c(c2Cl)N[C@H](c2ccccc2)C[C@@H]3C(F)(F)F)sc2c1CCCC2. The largest absolute Gasteiger partial charge is 0.410 e. The van der Waals surface area contributed by atoms with Crippen LogP contribution in [0.4, 0.5) is 24.0 Å². The fourth-order valence-corrected chi connectivity index (χ4v) is 6.27. The first-order valence-electron chi connectivity index (χ1n) is 11.1. The second-order valence-electron chi connectivity index (χ2n) is 8.59. The van der Waals surface area contributed by atoms with Crippen LogP contribution in [0.3, 0.4) is 0 Å². The lowest BCUT2D eigenvalue weighted by molar-refractivity contribution is -0.173. The average Bonchev–Trinajstić information content (AvgIpc) is 3.35. The normalized spacial score (nSPS) is 19.4. The summed E-state index contributed by atoms with van der Waals surface area (Å²) in [6.07, 6.45) is -1.61. The second kappa shape index (κ2) is 8.87. The van der Waals surface area contributed by atoms with Gasteiger partial charge < -0.3 is 16.4 Å². The summed E-state index contributed by atoms with van der Waals surface area (Å²) in [7, 11) is 0. The maximum Gasteiger partial charge on any atom is 0.410 e. The minimum absolute atomic E-state index is 0.0835. The maximum absolute atomic E-state index is 14.0. The average molecular weight is 524 g/mol. The van der Waals surface area contributed by atoms with Gasteiger partial charge in [0.25, 0.3) is 11.8 Å². The number of nitrogens with zero attached hydrogens (tertiary/aromatic N) is 2. The van der Waals surface area contributed by atoms with Crippen molar-refractivity contribution in [2.75, 3.05) is 10.6 Å². The number of carbonyl (C=O) groups is 2. The van der Waals surface area contributed by atoms with Crippen molar-refractivity contribution in [3.63, 3.8) is 0 Å². The first kappa shape index (κ1) is 23.7. The van der Waals surface area contributed by atoms with Crippen molar-refractivity contribution < 1.29 is 22.8 Å². The molecule has 1 aliphatic carbocycles. The summed E-state index contributed by atoms with van der Waals surface area (Å²) in [5.74, 6) is -1.56. The van der Waals surface area contributed by atoms with E-state index in [1.165, 1.54) is 11.3 Å². The third kappa shape index (κ3) is 4.27. The second-order valence-corrected chi connectivity index (χ2v) is 10.1. The Bertz CT molecular complexity index is 1300. The minimum Gasteiger partial charge on any atom is -0.365 e. The zero-order chi connectivity index (χ0) is 24.9. The topological polar surface area (TPSA) is 102 Å². The number of fused-ring (bicyclic) bond motifs is 2. The molecule has 3 heterocycles. The maximum atomic E-state index is 14.0. The quantitative estimate of drug-likeness (QED) is 0.421. The van der Waals surface area contributed by atoms with Gasteiger partial charge in [-0.25, -0.2) is 4.68 Å². The van der Waals surface area contributed by atoms with Crippen molar-refractivity contribution in [1.29, 1.82) is 0 Å². The molecule has 0 unspecified atom stereocenters. The number of thiophene rings is 1. The Balaban J connectivity index is 1.50. The number of hydrogen-bond acceptors (Lipinski definition) is 5. The minimum atomic E-state index is -4.61. The molecular weight excluding hydrogens is 503 g/mol. The summed E-state index contributed by atoms with van der Waals surface area (Å²) in [5.41, 5.74) is 6.94. The van der Waals surface area contributed by atoms with Gasteiger partial charge in [0, 0.05) is 11.3 Å². The molecule has 0 bridgehead atoms. The zero-order valence-electron chi connectivity index (χ0n) is 18.3. The van der Waals surface area contributed by atoms with Gasteiger partial charge in [0.15, 0.2) is 11.7 Å². The van der Waals surface area contributed by atoms with Crippen LogP contribution < -0.4 is 16.4 Å². The van der Waals surface area contributed by atoms with E-state index < -0.39 is 30.1 Å². The van der Waals surface area contributed by atoms with Gasteiger partial charge in [0.2, 0.25) is 0 Å². The number of nitrogens with one attached hydrogen (secondary N) is 2. The van der Waals surface area contributed by atoms with E-state index in [9.17, 15) is 22.8 Å². The number of halogens is 4. The Morgan fingerprint density at radius 3 is 2.60 bits per heavy atom. The molecule has 0 saturated heterocycles. The Morgan fingerprint density at radius 2 is 1.91 bits per heavy atom. The number of aryl methyl sites for hydroxylation is 1. The van der Waals surface area contributed by atoms with Gasteiger partial charge in [0.1, 0.15) is 15.8 Å². The highest BCUT2D eigenvalue weighted by molar-refractivity contribution is 7.17. The van der Waals surface area contributed by atoms with E-state index >= 15 is 0 Å². The van der Waals surface area contributed by atoms with Crippen LogP contribution in [0.2, 0.25) is 5.02 Å². The van der Waals surface area contributed by atoms with Gasteiger partial charge in [-0.3, -0.25) is 9.59 Å². The standard InChI is InChI=1S/C23H21ClF3N5O2S/c24-17-18(21(34)30-22-16(19(28)33)12-8-4-5-9-14(12)35-22)31-32-15(23(25,26)27)10-13(29-20(17)32)11-6-2-1-3-7-11/h1-3,6-7,13,15,29H,4-5,8-10H2,(H2,28,33)(H,30,34)/t13-,15+/m0/s1. The molecule has 7 nitrogen and oxygen atoms in total. The third-order valence-electron chi connectivity index (χ3n) is 6.36. The highest BCUT2D eigenvalue weighted by atomic mass is 35.5. The van der Waals surface area contributed by atoms with E-state index in [2.05, 4.69) is 15.7 Å². The number of hydrogen-bond donors (Lipinski definition) is 3. The fourth-order valence-electron chi connectivity index (χ4n) is 4.72. The molecule has 1 aliphatic heterocycles. The van der Waals surface area contributed by atoms with Crippen LogP contribution in [0.25, 0.3) is 0 Å². The van der Waals surface area contributed by atoms with E-state index in [1.807, 2.05) is 0 Å². The first-order chi connectivity index (χ1) is 16.6. The van der Waals surface area contributed by atoms with Gasteiger partial charge in [-0.15, -0.1) is 11.3 Å². The van der Waals surface area contributed by atoms with Crippen LogP contribution in [-0.2, 0) is 12.8 Å². The lowest BCUT2D eigenvalue weighted by atomic mass is 9.95. The number of benzene rings is 1. The Labute approximate surface area is 207 Å². The van der Waals surface area contributed by atoms with Crippen LogP contribution in [-0.4, -0.2) is 27.8 Å². The molecule has 1 aromatic carbocycles. The number of alkyl halides is 3. The summed E-state index contributed by atoms with van der Waals surface area (Å²) < 4.78 is 42.7. The molecule has 4 N–H and O–H groups in total. The molecule has 2 aliphatic rings. The van der Waals surface area contributed by atoms with Crippen LogP contribution in [0.15, 0.2) is 30.3 Å². The molecule has 3 aromatic rings. The number of primary amides is 1. The fraction of sp³-hybridized carbons (Fsp3) is 0.348. The van der Waals surface area contributed by atoms with Crippen LogP contribution in [0, 0.1) is 0 Å². The summed E-state index contributed by atoms with van der Waals surface area (Å²) >= 11 is 7.66. The van der Waals surface area contributed by atoms with E-state index in [0.717, 1.165) is 34.4 Å². The highest BCUT2D eigenvalue weighted by Crippen LogP contribution is 2.46. The van der Waals surface area contributed by atoms with Gasteiger partial charge in [0.05, 0.1) is 11.6 Å². The van der Waals surface area contributed by atoms with Crippen molar-refractivity contribution in [2.24, 2.45) is 5.73 Å². The molecule has 0 radical (unpaired) electrons. The van der Waals surface area contributed by atoms with E-state index in [-0.39, 0.29) is 33.5 Å². The Kier molecular flexibility index (Phi) is 6.00. The van der Waals surface area contributed by atoms with Gasteiger partial charge >= 0.3 is 6.18 Å². The van der Waals surface area contributed by atoms with Crippen LogP contribution in [0.1, 0.15) is 68.2 Å². The smallest absolute Gasteiger partial charge is 0.365 e. The third-order valence-corrected chi connectivity index (χ3v) is 7.92. The lowest BCUT2D eigenvalue weighted by Gasteiger charge is -2.33. The molecule has 0 fully saturated rings. The molecule has 2 atom stereocenters. The van der Waals surface area contributed by atoms with Gasteiger partial charge in [-0.2, -0.15) is 18.3 Å². The Hall–Kier alpha value is -3.05. The van der Waals surface area contributed by atoms with E-state index in [1.54, 1.807) is 30.3 Å². The molecule has 5 rings (SSSR count). The molecule has 2 aromatic heterocycles. The number of nitrogens with two attached hydrogens (primary N) is 1. The highest BCUT2D eigenvalue weighted by Gasteiger charge is 2.48. The number of aromatic nitrogens is 2. The monoisotopic (exact) mass is 523 g/mol. The number of rotatable bonds is 4. The predicted octanol–water partition coefficient (Wildman–Crippen LogP) is 5.49. The zero-order valence-corrected chi connectivity index (χ0v) is 19.9. The first-order valence-corrected chi connectivity index (χ1v) is 12.3. The number of amides is 2. The number of anilines is 2. The Morgan fingerprint density at radius 1 is 1.20 bits per heavy atom. The predicted molar refractivity (Wildman–Crippen MR) is 127 cm³/mol. The molecule has 2 amide bonds. The van der Waals surface area contributed by atoms with E-state index in [0.29, 0.717) is 12.0 Å². The molecule has 184 valence electrons. The lowest BCUT2D eigenvalue weighted by Crippen LogP contribution is -2.35. The van der Waals surface area contributed by atoms with Crippen molar-refractivity contribution in [1.82, 2.24) is 9.78 Å². The summed E-state index contributed by atoms with van der Waals surface area (Å²) in [5, 5.41) is 9.63. The van der Waals surface area contributed by atoms with Crippen LogP contribution >= 0.6 is 22.9 Å². The van der Waals surface area contributed by atoms with Crippen LogP contribution in [0.5, 0.6) is 0 Å². The molecule has 12 heteroatoms. The van der Waals surface area contributed by atoms with E-state index in [4.69, 9.17) is 17.3 Å². The molecule has 35 heavy (non-hydrogen) atoms. The molecule has 0 saturated carbocycles. The summed E-state index contributed by atoms with van der Waals surface area (Å²) in [6, 6.07) is 6.05. The van der Waals surface area contributed by atoms with Crippen molar-refractivity contribution in [3.8, 4) is 0 Å². The summed E-state index contributed by atoms with van der Waals surface area (Å²) in [4.78, 5) is 26.2. The number of carbonyl (C=O) groups excluding carboxylic acids is 2. The van der Waals surface area contributed by atoms with Crippen molar-refractivity contribution in [2.45, 2.75) is 50.4 Å². The van der Waals surface area contributed by atoms with Gasteiger partial charge in [-0.1, -0.05) is 41.9 Å². The summed E-state index contributed by atoms with van der Waals surface area (Å²) in [6.45, 7) is 0. The van der Waals surface area contributed by atoms with Crippen molar-refractivity contribution >= 4 is 45.6 Å². The molecule has 0 spiro atoms.